The second kappa shape index (κ2) is 47.3. The molecular weight excluding hydrogens is 2190 g/mol. The number of fused-ring (bicyclic) bond motifs is 4. The van der Waals surface area contributed by atoms with Crippen LogP contribution in [0.15, 0.2) is 378 Å². The van der Waals surface area contributed by atoms with E-state index in [0.717, 1.165) is 6.07 Å². The summed E-state index contributed by atoms with van der Waals surface area (Å²) in [5.41, 5.74) is 6.49. The Morgan fingerprint density at radius 3 is 0.793 bits per heavy atom. The van der Waals surface area contributed by atoms with Crippen LogP contribution in [0.1, 0.15) is 30.2 Å². The van der Waals surface area contributed by atoms with Crippen LogP contribution in [0.2, 0.25) is 20.1 Å². The van der Waals surface area contributed by atoms with Gasteiger partial charge in [0.25, 0.3) is 22.2 Å². The van der Waals surface area contributed by atoms with Crippen molar-refractivity contribution < 1.29 is 98.3 Å². The maximum atomic E-state index is 13.9. The van der Waals surface area contributed by atoms with Crippen LogP contribution < -0.4 is 46.6 Å². The zero-order valence-corrected chi connectivity index (χ0v) is 87.1. The molecule has 1 atom stereocenters. The number of rotatable bonds is 24. The van der Waals surface area contributed by atoms with Crippen molar-refractivity contribution in [1.29, 1.82) is 0 Å². The third-order valence-electron chi connectivity index (χ3n) is 22.8. The van der Waals surface area contributed by atoms with E-state index in [9.17, 15) is 70.4 Å². The minimum atomic E-state index is -3.72. The third kappa shape index (κ3) is 24.9. The fourth-order valence-electron chi connectivity index (χ4n) is 15.8. The van der Waals surface area contributed by atoms with Gasteiger partial charge in [0.05, 0.1) is 136 Å². The summed E-state index contributed by atoms with van der Waals surface area (Å²) in [6.07, 6.45) is 5.24. The predicted octanol–water partition coefficient (Wildman–Crippen LogP) is 20.8. The number of halogens is 9. The van der Waals surface area contributed by atoms with E-state index < -0.39 is 69.7 Å². The normalized spacial score (nSPS) is 11.4. The zero-order chi connectivity index (χ0) is 105. The van der Waals surface area contributed by atoms with E-state index in [1.807, 2.05) is 0 Å². The Kier molecular flexibility index (Phi) is 34.9. The summed E-state index contributed by atoms with van der Waals surface area (Å²) in [5, 5.41) is 35.2. The molecule has 12 aromatic carbocycles. The summed E-state index contributed by atoms with van der Waals surface area (Å²) >= 11 is 28.9. The van der Waals surface area contributed by atoms with Gasteiger partial charge >= 0.3 is 7.12 Å². The van der Waals surface area contributed by atoms with Gasteiger partial charge in [0.1, 0.15) is 94.3 Å². The smallest absolute Gasteiger partial charge is 0.488 e. The quantitative estimate of drug-likeness (QED) is 0.0322. The van der Waals surface area contributed by atoms with E-state index in [2.05, 4.69) is 36.6 Å². The van der Waals surface area contributed by atoms with E-state index in [1.54, 1.807) is 133 Å². The fourth-order valence-corrected chi connectivity index (χ4v) is 22.2. The van der Waals surface area contributed by atoms with Crippen molar-refractivity contribution in [3.63, 3.8) is 0 Å². The molecule has 150 heavy (non-hydrogen) atoms. The van der Waals surface area contributed by atoms with Crippen LogP contribution >= 0.6 is 72.2 Å². The molecule has 20 rings (SSSR count). The molecule has 0 fully saturated rings. The van der Waals surface area contributed by atoms with Gasteiger partial charge < -0.3 is 47.1 Å². The van der Waals surface area contributed by atoms with Crippen molar-refractivity contribution in [2.45, 2.75) is 50.0 Å². The molecule has 8 heterocycles. The number of hydrogen-bond acceptors (Lipinski definition) is 26. The largest absolute Gasteiger partial charge is 0.495 e. The van der Waals surface area contributed by atoms with Crippen LogP contribution in [0.25, 0.3) is 99.7 Å². The number of hydrogen-bond donors (Lipinski definition) is 2. The molecule has 20 aromatic rings. The predicted molar refractivity (Wildman–Crippen MR) is 572 cm³/mol. The monoisotopic (exact) mass is 2270 g/mol. The Balaban J connectivity index is 0.000000152. The molecule has 2 N–H and O–H groups in total. The Labute approximate surface area is 883 Å². The molecule has 0 aliphatic carbocycles. The molecule has 0 saturated carbocycles. The molecular formula is C105H81BBrCl4F4N8O22PS4. The first-order valence-electron chi connectivity index (χ1n) is 43.5. The second-order valence-electron chi connectivity index (χ2n) is 32.3. The van der Waals surface area contributed by atoms with Crippen molar-refractivity contribution >= 4 is 168 Å². The van der Waals surface area contributed by atoms with Crippen molar-refractivity contribution in [3.05, 3.63) is 428 Å². The first-order valence-corrected chi connectivity index (χ1v) is 52.4. The molecule has 0 spiro atoms. The minimum Gasteiger partial charge on any atom is -0.495 e. The van der Waals surface area contributed by atoms with Crippen LogP contribution in [-0.4, -0.2) is 118 Å². The van der Waals surface area contributed by atoms with E-state index in [1.165, 1.54) is 223 Å². The van der Waals surface area contributed by atoms with E-state index >= 15 is 0 Å². The Morgan fingerprint density at radius 2 is 0.567 bits per heavy atom. The molecule has 0 amide bonds. The molecule has 0 bridgehead atoms. The zero-order valence-electron chi connectivity index (χ0n) is 77.8. The van der Waals surface area contributed by atoms with Crippen molar-refractivity contribution in [2.24, 2.45) is 0 Å². The summed E-state index contributed by atoms with van der Waals surface area (Å²) in [5.74, 6) is -1.65. The lowest BCUT2D eigenvalue weighted by Gasteiger charge is -2.17. The van der Waals surface area contributed by atoms with Crippen molar-refractivity contribution in [1.82, 2.24) is 38.9 Å². The number of aromatic nitrogens is 8. The van der Waals surface area contributed by atoms with E-state index in [0.29, 0.717) is 153 Å². The molecule has 30 nitrogen and oxygen atoms in total. The highest BCUT2D eigenvalue weighted by Gasteiger charge is 2.28. The summed E-state index contributed by atoms with van der Waals surface area (Å²) < 4.78 is 204. The molecule has 0 saturated heterocycles. The standard InChI is InChI=1S/3C26H18ClFN2O5S.C20H14BrClN2O5S.C6H6BFO2.CH4.H3P/c3*1-34-25-14-22(27)21(16-3-2-4-18(28)11-16)13-24(25)30-23-7-6-20(12-17(23)5-8-26(30)31)36(32,33)15-19-9-10-35-29-19;1-28-19-10-16(22)15(21)9-18(19)24-17-4-3-14(8-12(17)2-5-20(24)25)30(26,27)11-13-6-7-29-23-13;8-6-3-1-2-5(4-6)7(9)10;;/h3*2-14H,15H2,1H3;2-10H,11H2,1H3;1-4,9-10H;1H4;1H3. The Bertz CT molecular complexity index is 8630. The first kappa shape index (κ1) is 111. The number of benzene rings is 12. The first-order chi connectivity index (χ1) is 70.8. The number of nitrogens with zero attached hydrogens (tertiary/aromatic N) is 8. The van der Waals surface area contributed by atoms with Crippen molar-refractivity contribution in [3.8, 4) is 79.1 Å². The van der Waals surface area contributed by atoms with Crippen molar-refractivity contribution in [2.75, 3.05) is 28.4 Å². The third-order valence-corrected chi connectivity index (χ3v) is 31.5. The number of ether oxygens (including phenoxy) is 4. The summed E-state index contributed by atoms with van der Waals surface area (Å²) in [6, 6.07) is 71.5. The van der Waals surface area contributed by atoms with E-state index in [4.69, 9.17) is 93.5 Å². The molecule has 768 valence electrons. The lowest BCUT2D eigenvalue weighted by Crippen LogP contribution is -2.29. The summed E-state index contributed by atoms with van der Waals surface area (Å²) in [7, 11) is -10.6. The Hall–Kier alpha value is -14.9. The van der Waals surface area contributed by atoms with Gasteiger partial charge in [-0.05, 0) is 208 Å². The molecule has 0 aliphatic heterocycles. The van der Waals surface area contributed by atoms with E-state index in [-0.39, 0.29) is 105 Å². The number of pyridine rings is 4. The highest BCUT2D eigenvalue weighted by atomic mass is 79.9. The second-order valence-corrected chi connectivity index (χ2v) is 42.8. The maximum Gasteiger partial charge on any atom is 0.488 e. The number of sulfone groups is 4. The minimum absolute atomic E-state index is 0. The van der Waals surface area contributed by atoms with Crippen LogP contribution in [0, 0.1) is 23.3 Å². The highest BCUT2D eigenvalue weighted by Crippen LogP contribution is 2.43. The van der Waals surface area contributed by atoms with Gasteiger partial charge in [-0.15, -0.1) is 0 Å². The summed E-state index contributed by atoms with van der Waals surface area (Å²) in [6.45, 7) is 0. The molecule has 0 radical (unpaired) electrons. The van der Waals surface area contributed by atoms with Gasteiger partial charge in [-0.2, -0.15) is 9.90 Å². The lowest BCUT2D eigenvalue weighted by molar-refractivity contribution is 0.413. The fraction of sp³-hybridized carbons (Fsp3) is 0.0857. The maximum absolute atomic E-state index is 13.9. The van der Waals surface area contributed by atoms with Crippen LogP contribution in [0.5, 0.6) is 23.0 Å². The highest BCUT2D eigenvalue weighted by molar-refractivity contribution is 9.10. The van der Waals surface area contributed by atoms with Gasteiger partial charge in [0.2, 0.25) is 0 Å². The molecule has 8 aromatic heterocycles. The van der Waals surface area contributed by atoms with Crippen LogP contribution in [0.4, 0.5) is 17.6 Å². The SMILES string of the molecule is C.COc1cc(Cl)c(-c2cccc(F)c2)cc1-n1c(=O)ccc2cc(S(=O)(=O)Cc3ccon3)ccc21.COc1cc(Cl)c(-c2cccc(F)c2)cc1-n1c(=O)ccc2cc(S(=O)(=O)Cc3ccon3)ccc21.COc1cc(Cl)c(-c2cccc(F)c2)cc1-n1c(=O)ccc2cc(S(=O)(=O)Cc3ccon3)ccc21.COc1cc(Cl)c(Br)cc1-n1c(=O)ccc2cc(S(=O)(=O)Cc3ccon3)ccc21.OB(O)c1cccc(F)c1.P. The van der Waals surface area contributed by atoms with Gasteiger partial charge in [0.15, 0.2) is 39.3 Å². The molecule has 0 aliphatic rings. The Morgan fingerprint density at radius 1 is 0.320 bits per heavy atom. The van der Waals surface area contributed by atoms with Crippen LogP contribution in [0.3, 0.4) is 0 Å². The molecule has 45 heteroatoms. The average molecular weight is 2270 g/mol. The molecule has 1 unspecified atom stereocenters. The van der Waals surface area contributed by atoms with Crippen LogP contribution in [-0.2, 0) is 62.4 Å². The lowest BCUT2D eigenvalue weighted by atomic mass is 9.80. The van der Waals surface area contributed by atoms with Gasteiger partial charge in [0, 0.05) is 116 Å². The van der Waals surface area contributed by atoms with Gasteiger partial charge in [-0.1, -0.05) is 123 Å². The number of methoxy groups -OCH3 is 4. The topological polar surface area (TPSA) is 406 Å². The van der Waals surface area contributed by atoms with Gasteiger partial charge in [-0.25, -0.2) is 51.2 Å². The van der Waals surface area contributed by atoms with Gasteiger partial charge in [-0.3, -0.25) is 37.4 Å². The summed E-state index contributed by atoms with van der Waals surface area (Å²) in [4.78, 5) is 52.2. The average Bonchev–Trinajstić information content (AvgIpc) is 1.18.